The predicted octanol–water partition coefficient (Wildman–Crippen LogP) is 2.61. The standard InChI is InChI=1S/C15H16N2OS/c16-14(15-17-11-2-1-3-13(11)19-15)10-4-5-12-9(8-10)6-7-18-12/h4-5,8,14H,1-3,6-7,16H2. The lowest BCUT2D eigenvalue weighted by Crippen LogP contribution is -2.12. The number of nitrogens with two attached hydrogens (primary N) is 1. The summed E-state index contributed by atoms with van der Waals surface area (Å²) in [4.78, 5) is 6.16. The number of aromatic nitrogens is 1. The third-order valence-corrected chi connectivity index (χ3v) is 5.19. The summed E-state index contributed by atoms with van der Waals surface area (Å²) >= 11 is 1.79. The van der Waals surface area contributed by atoms with Gasteiger partial charge in [-0.25, -0.2) is 4.98 Å². The van der Waals surface area contributed by atoms with Gasteiger partial charge in [0.05, 0.1) is 18.3 Å². The molecule has 1 aromatic carbocycles. The van der Waals surface area contributed by atoms with Crippen LogP contribution in [0.1, 0.15) is 39.2 Å². The van der Waals surface area contributed by atoms with Crippen molar-refractivity contribution in [2.75, 3.05) is 6.61 Å². The third kappa shape index (κ3) is 1.86. The van der Waals surface area contributed by atoms with Crippen molar-refractivity contribution in [1.29, 1.82) is 0 Å². The number of rotatable bonds is 2. The van der Waals surface area contributed by atoms with Crippen molar-refractivity contribution >= 4 is 11.3 Å². The molecule has 0 fully saturated rings. The molecular weight excluding hydrogens is 256 g/mol. The highest BCUT2D eigenvalue weighted by Gasteiger charge is 2.22. The van der Waals surface area contributed by atoms with Crippen LogP contribution < -0.4 is 10.5 Å². The van der Waals surface area contributed by atoms with Crippen molar-refractivity contribution in [2.24, 2.45) is 5.73 Å². The fraction of sp³-hybridized carbons (Fsp3) is 0.400. The van der Waals surface area contributed by atoms with Gasteiger partial charge in [0.15, 0.2) is 0 Å². The Hall–Kier alpha value is -1.39. The molecule has 2 heterocycles. The first kappa shape index (κ1) is 11.4. The SMILES string of the molecule is NC(c1ccc2c(c1)CCO2)c1nc2c(s1)CCC2. The van der Waals surface area contributed by atoms with Gasteiger partial charge in [0, 0.05) is 11.3 Å². The van der Waals surface area contributed by atoms with E-state index in [1.54, 1.807) is 11.3 Å². The van der Waals surface area contributed by atoms with Gasteiger partial charge in [-0.1, -0.05) is 6.07 Å². The molecule has 1 unspecified atom stereocenters. The molecule has 3 nitrogen and oxygen atoms in total. The zero-order valence-corrected chi connectivity index (χ0v) is 11.5. The molecule has 0 bridgehead atoms. The van der Waals surface area contributed by atoms with Crippen molar-refractivity contribution in [3.63, 3.8) is 0 Å². The lowest BCUT2D eigenvalue weighted by molar-refractivity contribution is 0.357. The van der Waals surface area contributed by atoms with E-state index in [1.807, 2.05) is 6.07 Å². The number of ether oxygens (including phenoxy) is 1. The van der Waals surface area contributed by atoms with Crippen molar-refractivity contribution in [1.82, 2.24) is 4.98 Å². The molecule has 0 amide bonds. The Morgan fingerprint density at radius 1 is 1.26 bits per heavy atom. The zero-order valence-electron chi connectivity index (χ0n) is 10.7. The van der Waals surface area contributed by atoms with Gasteiger partial charge < -0.3 is 10.5 Å². The highest BCUT2D eigenvalue weighted by molar-refractivity contribution is 7.11. The largest absolute Gasteiger partial charge is 0.493 e. The first-order valence-electron chi connectivity index (χ1n) is 6.81. The highest BCUT2D eigenvalue weighted by Crippen LogP contribution is 2.34. The minimum absolute atomic E-state index is 0.0958. The van der Waals surface area contributed by atoms with E-state index < -0.39 is 0 Å². The Bertz CT molecular complexity index is 614. The molecule has 0 radical (unpaired) electrons. The van der Waals surface area contributed by atoms with Crippen molar-refractivity contribution in [3.05, 3.63) is 44.9 Å². The van der Waals surface area contributed by atoms with Gasteiger partial charge in [0.2, 0.25) is 0 Å². The van der Waals surface area contributed by atoms with E-state index in [-0.39, 0.29) is 6.04 Å². The quantitative estimate of drug-likeness (QED) is 0.914. The molecule has 2 N–H and O–H groups in total. The fourth-order valence-corrected chi connectivity index (χ4v) is 4.07. The smallest absolute Gasteiger partial charge is 0.122 e. The molecule has 1 aliphatic heterocycles. The first-order chi connectivity index (χ1) is 9.31. The van der Waals surface area contributed by atoms with Crippen molar-refractivity contribution in [3.8, 4) is 5.75 Å². The predicted molar refractivity (Wildman–Crippen MR) is 75.8 cm³/mol. The van der Waals surface area contributed by atoms with Gasteiger partial charge in [-0.2, -0.15) is 0 Å². The Labute approximate surface area is 116 Å². The number of hydrogen-bond donors (Lipinski definition) is 1. The van der Waals surface area contributed by atoms with Crippen LogP contribution in [0.15, 0.2) is 18.2 Å². The van der Waals surface area contributed by atoms with Crippen LogP contribution >= 0.6 is 11.3 Å². The monoisotopic (exact) mass is 272 g/mol. The van der Waals surface area contributed by atoms with E-state index in [1.165, 1.54) is 29.0 Å². The molecule has 2 aliphatic rings. The van der Waals surface area contributed by atoms with Crippen molar-refractivity contribution in [2.45, 2.75) is 31.7 Å². The van der Waals surface area contributed by atoms with Gasteiger partial charge in [0.25, 0.3) is 0 Å². The second-order valence-corrected chi connectivity index (χ2v) is 6.33. The summed E-state index contributed by atoms with van der Waals surface area (Å²) in [5.74, 6) is 1.01. The highest BCUT2D eigenvalue weighted by atomic mass is 32.1. The average Bonchev–Trinajstić information content (AvgIpc) is 3.11. The number of hydrogen-bond acceptors (Lipinski definition) is 4. The minimum atomic E-state index is -0.0958. The topological polar surface area (TPSA) is 48.1 Å². The Balaban J connectivity index is 1.67. The molecule has 19 heavy (non-hydrogen) atoms. The van der Waals surface area contributed by atoms with E-state index in [9.17, 15) is 0 Å². The Kier molecular flexibility index (Phi) is 2.60. The summed E-state index contributed by atoms with van der Waals surface area (Å²) in [7, 11) is 0. The number of nitrogens with zero attached hydrogens (tertiary/aromatic N) is 1. The molecule has 0 saturated carbocycles. The number of aryl methyl sites for hydroxylation is 2. The number of thiazole rings is 1. The van der Waals surface area contributed by atoms with Gasteiger partial charge in [0.1, 0.15) is 10.8 Å². The van der Waals surface area contributed by atoms with Crippen LogP contribution in [0.5, 0.6) is 5.75 Å². The summed E-state index contributed by atoms with van der Waals surface area (Å²) in [5.41, 5.74) is 10.1. The van der Waals surface area contributed by atoms with Crippen LogP contribution in [0.4, 0.5) is 0 Å². The summed E-state index contributed by atoms with van der Waals surface area (Å²) in [6.45, 7) is 0.791. The van der Waals surface area contributed by atoms with Gasteiger partial charge in [-0.05, 0) is 42.5 Å². The molecule has 1 atom stereocenters. The lowest BCUT2D eigenvalue weighted by atomic mass is 10.0. The van der Waals surface area contributed by atoms with E-state index in [0.29, 0.717) is 0 Å². The fourth-order valence-electron chi connectivity index (χ4n) is 2.89. The van der Waals surface area contributed by atoms with Gasteiger partial charge in [-0.15, -0.1) is 11.3 Å². The lowest BCUT2D eigenvalue weighted by Gasteiger charge is -2.10. The molecular formula is C15H16N2OS. The van der Waals surface area contributed by atoms with E-state index in [4.69, 9.17) is 15.5 Å². The molecule has 1 aromatic heterocycles. The summed E-state index contributed by atoms with van der Waals surface area (Å²) in [5, 5.41) is 1.06. The first-order valence-corrected chi connectivity index (χ1v) is 7.62. The van der Waals surface area contributed by atoms with Gasteiger partial charge >= 0.3 is 0 Å². The third-order valence-electron chi connectivity index (χ3n) is 3.95. The number of fused-ring (bicyclic) bond motifs is 2. The maximum absolute atomic E-state index is 6.38. The van der Waals surface area contributed by atoms with Crippen LogP contribution in [-0.4, -0.2) is 11.6 Å². The molecule has 4 heteroatoms. The maximum atomic E-state index is 6.38. The molecule has 1 aliphatic carbocycles. The molecule has 4 rings (SSSR count). The van der Waals surface area contributed by atoms with Crippen molar-refractivity contribution < 1.29 is 4.74 Å². The molecule has 98 valence electrons. The Morgan fingerprint density at radius 2 is 2.21 bits per heavy atom. The number of benzene rings is 1. The van der Waals surface area contributed by atoms with Crippen LogP contribution in [0.3, 0.4) is 0 Å². The van der Waals surface area contributed by atoms with Crippen LogP contribution in [0.25, 0.3) is 0 Å². The van der Waals surface area contributed by atoms with Crippen LogP contribution in [-0.2, 0) is 19.3 Å². The second-order valence-electron chi connectivity index (χ2n) is 5.22. The summed E-state index contributed by atoms with van der Waals surface area (Å²) < 4.78 is 5.53. The van der Waals surface area contributed by atoms with E-state index >= 15 is 0 Å². The Morgan fingerprint density at radius 3 is 3.11 bits per heavy atom. The summed E-state index contributed by atoms with van der Waals surface area (Å²) in [6.07, 6.45) is 4.54. The summed E-state index contributed by atoms with van der Waals surface area (Å²) in [6, 6.07) is 6.20. The minimum Gasteiger partial charge on any atom is -0.493 e. The van der Waals surface area contributed by atoms with Gasteiger partial charge in [-0.3, -0.25) is 0 Å². The molecule has 0 spiro atoms. The van der Waals surface area contributed by atoms with E-state index in [0.717, 1.165) is 35.8 Å². The maximum Gasteiger partial charge on any atom is 0.122 e. The zero-order chi connectivity index (χ0) is 12.8. The molecule has 0 saturated heterocycles. The average molecular weight is 272 g/mol. The normalized spacial score (nSPS) is 17.9. The van der Waals surface area contributed by atoms with Crippen LogP contribution in [0, 0.1) is 0 Å². The molecule has 2 aromatic rings. The van der Waals surface area contributed by atoms with Crippen LogP contribution in [0.2, 0.25) is 0 Å². The second kappa shape index (κ2) is 4.32. The van der Waals surface area contributed by atoms with E-state index in [2.05, 4.69) is 12.1 Å².